The van der Waals surface area contributed by atoms with E-state index in [1.165, 1.54) is 97.2 Å². The lowest BCUT2D eigenvalue weighted by molar-refractivity contribution is 0.00578. The summed E-state index contributed by atoms with van der Waals surface area (Å²) in [6.45, 7) is 19.0. The zero-order chi connectivity index (χ0) is 32.7. The summed E-state index contributed by atoms with van der Waals surface area (Å²) in [5.74, 6) is 0. The van der Waals surface area contributed by atoms with Crippen LogP contribution in [0.4, 0.5) is 0 Å². The van der Waals surface area contributed by atoms with Gasteiger partial charge >= 0.3 is 14.2 Å². The molecule has 1 aliphatic carbocycles. The average Bonchev–Trinajstić information content (AvgIpc) is 3.42. The number of benzene rings is 3. The van der Waals surface area contributed by atoms with Crippen molar-refractivity contribution in [3.05, 3.63) is 59.7 Å². The summed E-state index contributed by atoms with van der Waals surface area (Å²) in [7, 11) is -0.671. The Bertz CT molecular complexity index is 1510. The van der Waals surface area contributed by atoms with Crippen molar-refractivity contribution in [1.29, 1.82) is 0 Å². The Hall–Kier alpha value is -2.11. The van der Waals surface area contributed by atoms with Crippen molar-refractivity contribution in [3.63, 3.8) is 0 Å². The summed E-state index contributed by atoms with van der Waals surface area (Å²) >= 11 is 0. The number of unbranched alkanes of at least 4 members (excludes halogenated alkanes) is 6. The molecule has 246 valence electrons. The van der Waals surface area contributed by atoms with Gasteiger partial charge in [-0.2, -0.15) is 0 Å². The predicted molar refractivity (Wildman–Crippen MR) is 194 cm³/mol. The van der Waals surface area contributed by atoms with Crippen molar-refractivity contribution in [3.8, 4) is 11.1 Å². The van der Waals surface area contributed by atoms with E-state index in [-0.39, 0.29) is 36.3 Å². The van der Waals surface area contributed by atoms with E-state index in [2.05, 4.69) is 104 Å². The van der Waals surface area contributed by atoms with Gasteiger partial charge in [0.15, 0.2) is 0 Å². The molecule has 6 rings (SSSR count). The van der Waals surface area contributed by atoms with E-state index in [1.54, 1.807) is 0 Å². The van der Waals surface area contributed by atoms with Crippen molar-refractivity contribution < 1.29 is 18.6 Å². The van der Waals surface area contributed by atoms with E-state index in [0.717, 1.165) is 10.9 Å². The lowest BCUT2D eigenvalue weighted by atomic mass is 9.67. The van der Waals surface area contributed by atoms with E-state index in [4.69, 9.17) is 18.6 Å². The van der Waals surface area contributed by atoms with E-state index >= 15 is 0 Å². The van der Waals surface area contributed by atoms with Gasteiger partial charge in [0.1, 0.15) is 0 Å². The normalized spacial score (nSPS) is 20.7. The smallest absolute Gasteiger partial charge is 0.407 e. The summed E-state index contributed by atoms with van der Waals surface area (Å²) in [4.78, 5) is 0. The molecule has 3 aromatic carbocycles. The van der Waals surface area contributed by atoms with E-state index in [9.17, 15) is 0 Å². The minimum Gasteiger partial charge on any atom is -0.407 e. The fraction of sp³-hybridized carbons (Fsp3) is 0.600. The minimum atomic E-state index is -0.365. The molecular formula is C40H56B2O4. The first-order chi connectivity index (χ1) is 21.9. The third-order valence-corrected chi connectivity index (χ3v) is 11.3. The maximum absolute atomic E-state index is 6.47. The van der Waals surface area contributed by atoms with Gasteiger partial charge in [-0.05, 0) is 84.5 Å². The van der Waals surface area contributed by atoms with Crippen LogP contribution in [0.25, 0.3) is 21.9 Å². The molecule has 6 heteroatoms. The Morgan fingerprint density at radius 1 is 0.609 bits per heavy atom. The second-order valence-electron chi connectivity index (χ2n) is 16.2. The highest BCUT2D eigenvalue weighted by Crippen LogP contribution is 2.56. The van der Waals surface area contributed by atoms with Gasteiger partial charge in [0.05, 0.1) is 11.2 Å². The molecule has 46 heavy (non-hydrogen) atoms. The standard InChI is InChI=1S/C40H56B2O4/c1-9-11-13-15-23-40(24-16-14-12-10-2)35-26-31(41-43-27-37(3,4)28-44-41)19-22-33(35)34-20-17-29-25-30(18-21-32(29)36(34)40)42-45-38(5,6)39(7,8)46-42/h17-22,25-26H,9-16,23-24,27-28H2,1-8H3. The first-order valence-electron chi connectivity index (χ1n) is 18.2. The van der Waals surface area contributed by atoms with Crippen molar-refractivity contribution in [1.82, 2.24) is 0 Å². The van der Waals surface area contributed by atoms with Gasteiger partial charge in [-0.25, -0.2) is 0 Å². The monoisotopic (exact) mass is 622 g/mol. The zero-order valence-electron chi connectivity index (χ0n) is 29.9. The Morgan fingerprint density at radius 2 is 1.17 bits per heavy atom. The summed E-state index contributed by atoms with van der Waals surface area (Å²) in [6, 6.07) is 18.7. The zero-order valence-corrected chi connectivity index (χ0v) is 29.9. The second-order valence-corrected chi connectivity index (χ2v) is 16.2. The molecule has 3 aromatic rings. The summed E-state index contributed by atoms with van der Waals surface area (Å²) in [5, 5.41) is 2.64. The lowest BCUT2D eigenvalue weighted by Gasteiger charge is -2.35. The van der Waals surface area contributed by atoms with Gasteiger partial charge < -0.3 is 18.6 Å². The van der Waals surface area contributed by atoms with E-state index in [1.807, 2.05) is 0 Å². The van der Waals surface area contributed by atoms with Crippen LogP contribution in [0.1, 0.15) is 131 Å². The largest absolute Gasteiger partial charge is 0.494 e. The molecule has 2 saturated heterocycles. The number of hydrogen-bond acceptors (Lipinski definition) is 4. The van der Waals surface area contributed by atoms with Gasteiger partial charge in [-0.3, -0.25) is 0 Å². The molecule has 0 unspecified atom stereocenters. The molecule has 0 bridgehead atoms. The summed E-state index contributed by atoms with van der Waals surface area (Å²) in [6.07, 6.45) is 12.4. The van der Waals surface area contributed by atoms with Crippen LogP contribution in [0.15, 0.2) is 48.5 Å². The molecule has 2 aliphatic heterocycles. The van der Waals surface area contributed by atoms with Gasteiger partial charge in [-0.1, -0.05) is 128 Å². The minimum absolute atomic E-state index is 0.0402. The molecule has 2 heterocycles. The average molecular weight is 623 g/mol. The van der Waals surface area contributed by atoms with Crippen molar-refractivity contribution in [2.24, 2.45) is 5.41 Å². The van der Waals surface area contributed by atoms with Crippen LogP contribution in [-0.2, 0) is 24.0 Å². The third-order valence-electron chi connectivity index (χ3n) is 11.3. The van der Waals surface area contributed by atoms with Crippen molar-refractivity contribution in [2.45, 2.75) is 136 Å². The number of rotatable bonds is 12. The molecule has 3 aliphatic rings. The van der Waals surface area contributed by atoms with Gasteiger partial charge in [0.25, 0.3) is 0 Å². The molecule has 0 atom stereocenters. The van der Waals surface area contributed by atoms with E-state index < -0.39 is 0 Å². The highest BCUT2D eigenvalue weighted by Gasteiger charge is 2.52. The van der Waals surface area contributed by atoms with Crippen LogP contribution in [0.3, 0.4) is 0 Å². The molecule has 0 N–H and O–H groups in total. The topological polar surface area (TPSA) is 36.9 Å². The molecular weight excluding hydrogens is 566 g/mol. The van der Waals surface area contributed by atoms with Crippen LogP contribution in [-0.4, -0.2) is 38.7 Å². The predicted octanol–water partition coefficient (Wildman–Crippen LogP) is 9.11. The van der Waals surface area contributed by atoms with Crippen LogP contribution in [0, 0.1) is 5.41 Å². The van der Waals surface area contributed by atoms with Crippen molar-refractivity contribution >= 4 is 35.9 Å². The fourth-order valence-corrected chi connectivity index (χ4v) is 7.92. The van der Waals surface area contributed by atoms with Gasteiger partial charge in [0.2, 0.25) is 0 Å². The molecule has 4 nitrogen and oxygen atoms in total. The first kappa shape index (κ1) is 33.8. The molecule has 0 spiro atoms. The molecule has 0 aromatic heterocycles. The molecule has 0 saturated carbocycles. The maximum Gasteiger partial charge on any atom is 0.494 e. The highest BCUT2D eigenvalue weighted by molar-refractivity contribution is 6.62. The Balaban J connectivity index is 1.46. The number of fused-ring (bicyclic) bond motifs is 5. The Kier molecular flexibility index (Phi) is 9.60. The van der Waals surface area contributed by atoms with Crippen LogP contribution < -0.4 is 10.9 Å². The maximum atomic E-state index is 6.47. The Labute approximate surface area is 279 Å². The van der Waals surface area contributed by atoms with Crippen molar-refractivity contribution in [2.75, 3.05) is 13.2 Å². The number of hydrogen-bond donors (Lipinski definition) is 0. The van der Waals surface area contributed by atoms with Crippen LogP contribution in [0.2, 0.25) is 0 Å². The summed E-state index contributed by atoms with van der Waals surface area (Å²) in [5.41, 5.74) is 7.31. The highest BCUT2D eigenvalue weighted by atomic mass is 16.7. The van der Waals surface area contributed by atoms with Crippen LogP contribution in [0.5, 0.6) is 0 Å². The molecule has 2 fully saturated rings. The SMILES string of the molecule is CCCCCCC1(CCCCCC)c2cc(B3OCC(C)(C)CO3)ccc2-c2ccc3cc(B4OC(C)(C)C(C)(C)O4)ccc3c21. The van der Waals surface area contributed by atoms with Gasteiger partial charge in [0, 0.05) is 24.0 Å². The third kappa shape index (κ3) is 6.25. The quantitative estimate of drug-likeness (QED) is 0.149. The lowest BCUT2D eigenvalue weighted by Crippen LogP contribution is -2.47. The van der Waals surface area contributed by atoms with E-state index in [0.29, 0.717) is 13.2 Å². The molecule has 0 radical (unpaired) electrons. The first-order valence-corrected chi connectivity index (χ1v) is 18.2. The fourth-order valence-electron chi connectivity index (χ4n) is 7.92. The second kappa shape index (κ2) is 13.1. The van der Waals surface area contributed by atoms with Gasteiger partial charge in [-0.15, -0.1) is 0 Å². The van der Waals surface area contributed by atoms with Crippen LogP contribution >= 0.6 is 0 Å². The Morgan fingerprint density at radius 3 is 1.78 bits per heavy atom. The molecule has 0 amide bonds. The summed E-state index contributed by atoms with van der Waals surface area (Å²) < 4.78 is 25.6.